The van der Waals surface area contributed by atoms with Crippen LogP contribution >= 0.6 is 12.4 Å². The van der Waals surface area contributed by atoms with E-state index in [-0.39, 0.29) is 24.6 Å². The number of aryl methyl sites for hydroxylation is 1. The number of carbonyl (C=O) groups is 2. The van der Waals surface area contributed by atoms with Gasteiger partial charge in [-0.05, 0) is 36.6 Å². The Morgan fingerprint density at radius 3 is 2.56 bits per heavy atom. The van der Waals surface area contributed by atoms with Crippen molar-refractivity contribution >= 4 is 40.7 Å². The number of aromatic nitrogens is 1. The van der Waals surface area contributed by atoms with Crippen LogP contribution in [0.4, 0.5) is 5.69 Å². The maximum atomic E-state index is 12.9. The minimum atomic E-state index is -0.835. The van der Waals surface area contributed by atoms with Crippen LogP contribution in [-0.2, 0) is 11.2 Å². The molecule has 4 N–H and O–H groups in total. The van der Waals surface area contributed by atoms with Gasteiger partial charge in [0.05, 0.1) is 5.69 Å². The van der Waals surface area contributed by atoms with Crippen LogP contribution in [0.2, 0.25) is 0 Å². The van der Waals surface area contributed by atoms with E-state index in [1.807, 2.05) is 24.3 Å². The molecule has 2 aromatic carbocycles. The third-order valence-electron chi connectivity index (χ3n) is 4.01. The number of H-pyrrole nitrogens is 1. The van der Waals surface area contributed by atoms with Gasteiger partial charge >= 0.3 is 5.97 Å². The minimum absolute atomic E-state index is 0. The number of ketones is 1. The van der Waals surface area contributed by atoms with E-state index in [1.54, 1.807) is 24.3 Å². The van der Waals surface area contributed by atoms with Gasteiger partial charge in [-0.1, -0.05) is 30.3 Å². The average Bonchev–Trinajstić information content (AvgIpc) is 2.93. The zero-order valence-electron chi connectivity index (χ0n) is 13.5. The van der Waals surface area contributed by atoms with Crippen molar-refractivity contribution in [3.63, 3.8) is 0 Å². The summed E-state index contributed by atoms with van der Waals surface area (Å²) in [5.74, 6) is -0.970. The molecule has 3 rings (SSSR count). The number of carboxylic acid groups (broad SMARTS) is 1. The number of halogens is 1. The van der Waals surface area contributed by atoms with E-state index in [2.05, 4.69) is 4.98 Å². The van der Waals surface area contributed by atoms with Crippen LogP contribution in [0.1, 0.15) is 34.5 Å². The molecule has 0 bridgehead atoms. The lowest BCUT2D eigenvalue weighted by Gasteiger charge is -2.05. The lowest BCUT2D eigenvalue weighted by molar-refractivity contribution is -0.137. The first kappa shape index (κ1) is 18.5. The predicted molar refractivity (Wildman–Crippen MR) is 100 cm³/mol. The van der Waals surface area contributed by atoms with Crippen molar-refractivity contribution in [3.8, 4) is 0 Å². The van der Waals surface area contributed by atoms with Gasteiger partial charge < -0.3 is 15.8 Å². The second-order valence-electron chi connectivity index (χ2n) is 5.73. The fraction of sp³-hybridized carbons (Fsp3) is 0.158. The number of aromatic amines is 1. The number of benzene rings is 2. The smallest absolute Gasteiger partial charge is 0.303 e. The number of para-hydroxylation sites is 1. The molecule has 0 saturated carbocycles. The number of aliphatic carboxylic acids is 1. The van der Waals surface area contributed by atoms with E-state index in [0.29, 0.717) is 29.8 Å². The predicted octanol–water partition coefficient (Wildman–Crippen LogP) is 3.81. The Morgan fingerprint density at radius 2 is 1.84 bits per heavy atom. The number of nitrogens with one attached hydrogen (secondary N) is 1. The maximum Gasteiger partial charge on any atom is 0.303 e. The Labute approximate surface area is 151 Å². The molecular formula is C19H19ClN2O3. The molecule has 0 atom stereocenters. The molecule has 0 aliphatic rings. The zero-order valence-corrected chi connectivity index (χ0v) is 14.3. The molecule has 0 spiro atoms. The van der Waals surface area contributed by atoms with Gasteiger partial charge in [-0.3, -0.25) is 9.59 Å². The standard InChI is InChI=1S/C19H18N2O3.ClH/c20-13-6-3-5-12(11-13)19(24)18-15(8-4-10-17(22)23)14-7-1-2-9-16(14)21-18;/h1-3,5-7,9,11,21H,4,8,10,20H2,(H,22,23);1H. The lowest BCUT2D eigenvalue weighted by Crippen LogP contribution is -2.06. The molecule has 1 heterocycles. The first-order valence-corrected chi connectivity index (χ1v) is 7.78. The minimum Gasteiger partial charge on any atom is -0.481 e. The van der Waals surface area contributed by atoms with Crippen molar-refractivity contribution in [2.45, 2.75) is 19.3 Å². The summed E-state index contributed by atoms with van der Waals surface area (Å²) in [6.07, 6.45) is 1.08. The molecule has 0 unspecified atom stereocenters. The highest BCUT2D eigenvalue weighted by molar-refractivity contribution is 6.12. The third kappa shape index (κ3) is 4.00. The number of anilines is 1. The van der Waals surface area contributed by atoms with Crippen LogP contribution in [0.25, 0.3) is 10.9 Å². The SMILES string of the molecule is Cl.Nc1cccc(C(=O)c2[nH]c3ccccc3c2CCCC(=O)O)c1. The molecule has 130 valence electrons. The molecular weight excluding hydrogens is 340 g/mol. The molecule has 0 amide bonds. The number of carbonyl (C=O) groups excluding carboxylic acids is 1. The number of hydrogen-bond acceptors (Lipinski definition) is 3. The van der Waals surface area contributed by atoms with Crippen molar-refractivity contribution in [1.82, 2.24) is 4.98 Å². The molecule has 5 nitrogen and oxygen atoms in total. The number of nitrogens with two attached hydrogens (primary N) is 1. The highest BCUT2D eigenvalue weighted by Gasteiger charge is 2.19. The lowest BCUT2D eigenvalue weighted by atomic mass is 9.99. The topological polar surface area (TPSA) is 96.2 Å². The van der Waals surface area contributed by atoms with Gasteiger partial charge in [-0.15, -0.1) is 12.4 Å². The van der Waals surface area contributed by atoms with E-state index < -0.39 is 5.97 Å². The Kier molecular flexibility index (Phi) is 5.83. The van der Waals surface area contributed by atoms with Gasteiger partial charge in [0.15, 0.2) is 0 Å². The Bertz CT molecular complexity index is 918. The van der Waals surface area contributed by atoms with Crippen LogP contribution in [-0.4, -0.2) is 21.8 Å². The van der Waals surface area contributed by atoms with E-state index in [1.165, 1.54) is 0 Å². The van der Waals surface area contributed by atoms with Crippen LogP contribution < -0.4 is 5.73 Å². The summed E-state index contributed by atoms with van der Waals surface area (Å²) in [4.78, 5) is 26.8. The molecule has 0 radical (unpaired) electrons. The number of nitrogen functional groups attached to an aromatic ring is 1. The van der Waals surface area contributed by atoms with Gasteiger partial charge in [0.25, 0.3) is 0 Å². The Hall–Kier alpha value is -2.79. The highest BCUT2D eigenvalue weighted by Crippen LogP contribution is 2.26. The van der Waals surface area contributed by atoms with Crippen molar-refractivity contribution in [3.05, 3.63) is 65.4 Å². The van der Waals surface area contributed by atoms with Crippen molar-refractivity contribution in [2.75, 3.05) is 5.73 Å². The number of rotatable bonds is 6. The van der Waals surface area contributed by atoms with Crippen LogP contribution in [0, 0.1) is 0 Å². The van der Waals surface area contributed by atoms with E-state index in [0.717, 1.165) is 16.5 Å². The average molecular weight is 359 g/mol. The first-order chi connectivity index (χ1) is 11.6. The summed E-state index contributed by atoms with van der Waals surface area (Å²) in [5.41, 5.74) is 9.06. The fourth-order valence-corrected chi connectivity index (χ4v) is 2.89. The maximum absolute atomic E-state index is 12.9. The van der Waals surface area contributed by atoms with Gasteiger partial charge in [-0.25, -0.2) is 0 Å². The molecule has 3 aromatic rings. The zero-order chi connectivity index (χ0) is 17.1. The van der Waals surface area contributed by atoms with Crippen molar-refractivity contribution < 1.29 is 14.7 Å². The van der Waals surface area contributed by atoms with E-state index >= 15 is 0 Å². The number of carboxylic acids is 1. The number of hydrogen-bond donors (Lipinski definition) is 3. The van der Waals surface area contributed by atoms with Crippen molar-refractivity contribution in [1.29, 1.82) is 0 Å². The molecule has 25 heavy (non-hydrogen) atoms. The monoisotopic (exact) mass is 358 g/mol. The number of fused-ring (bicyclic) bond motifs is 1. The van der Waals surface area contributed by atoms with Gasteiger partial charge in [0, 0.05) is 28.6 Å². The van der Waals surface area contributed by atoms with Crippen LogP contribution in [0.15, 0.2) is 48.5 Å². The molecule has 6 heteroatoms. The highest BCUT2D eigenvalue weighted by atomic mass is 35.5. The second kappa shape index (κ2) is 7.85. The molecule has 1 aromatic heterocycles. The summed E-state index contributed by atoms with van der Waals surface area (Å²) in [6.45, 7) is 0. The summed E-state index contributed by atoms with van der Waals surface area (Å²) in [7, 11) is 0. The fourth-order valence-electron chi connectivity index (χ4n) is 2.89. The third-order valence-corrected chi connectivity index (χ3v) is 4.01. The van der Waals surface area contributed by atoms with Gasteiger partial charge in [0.1, 0.15) is 0 Å². The Morgan fingerprint density at radius 1 is 1.08 bits per heavy atom. The normalized spacial score (nSPS) is 10.4. The second-order valence-corrected chi connectivity index (χ2v) is 5.73. The molecule has 0 saturated heterocycles. The first-order valence-electron chi connectivity index (χ1n) is 7.78. The van der Waals surface area contributed by atoms with Gasteiger partial charge in [-0.2, -0.15) is 0 Å². The molecule has 0 fully saturated rings. The van der Waals surface area contributed by atoms with Crippen molar-refractivity contribution in [2.24, 2.45) is 0 Å². The summed E-state index contributed by atoms with van der Waals surface area (Å²) < 4.78 is 0. The Balaban J connectivity index is 0.00000225. The van der Waals surface area contributed by atoms with Gasteiger partial charge in [0.2, 0.25) is 5.78 Å². The van der Waals surface area contributed by atoms with E-state index in [9.17, 15) is 9.59 Å². The summed E-state index contributed by atoms with van der Waals surface area (Å²) in [5, 5.41) is 9.81. The summed E-state index contributed by atoms with van der Waals surface area (Å²) >= 11 is 0. The molecule has 0 aliphatic heterocycles. The van der Waals surface area contributed by atoms with Crippen LogP contribution in [0.3, 0.4) is 0 Å². The largest absolute Gasteiger partial charge is 0.481 e. The summed E-state index contributed by atoms with van der Waals surface area (Å²) in [6, 6.07) is 14.5. The van der Waals surface area contributed by atoms with E-state index in [4.69, 9.17) is 10.8 Å². The van der Waals surface area contributed by atoms with Crippen LogP contribution in [0.5, 0.6) is 0 Å². The molecule has 0 aliphatic carbocycles. The quantitative estimate of drug-likeness (QED) is 0.461.